The van der Waals surface area contributed by atoms with E-state index in [9.17, 15) is 9.90 Å². The molecule has 0 aliphatic carbocycles. The first-order valence-electron chi connectivity index (χ1n) is 5.40. The highest BCUT2D eigenvalue weighted by Gasteiger charge is 2.40. The van der Waals surface area contributed by atoms with Gasteiger partial charge < -0.3 is 10.0 Å². The Balaban J connectivity index is 2.67. The Labute approximate surface area is 91.6 Å². The van der Waals surface area contributed by atoms with E-state index >= 15 is 0 Å². The van der Waals surface area contributed by atoms with Crippen molar-refractivity contribution in [3.8, 4) is 0 Å². The van der Waals surface area contributed by atoms with Gasteiger partial charge in [0.05, 0.1) is 11.6 Å². The second-order valence-corrected chi connectivity index (χ2v) is 5.43. The fourth-order valence-electron chi connectivity index (χ4n) is 1.57. The van der Waals surface area contributed by atoms with Gasteiger partial charge in [0, 0.05) is 19.1 Å². The minimum absolute atomic E-state index is 0.118. The number of amides is 1. The highest BCUT2D eigenvalue weighted by Crippen LogP contribution is 2.23. The summed E-state index contributed by atoms with van der Waals surface area (Å²) in [7, 11) is 1.81. The average molecular weight is 214 g/mol. The molecule has 0 aromatic heterocycles. The third-order valence-electron chi connectivity index (χ3n) is 3.49. The lowest BCUT2D eigenvalue weighted by Crippen LogP contribution is -2.60. The normalized spacial score (nSPS) is 23.7. The van der Waals surface area contributed by atoms with Crippen LogP contribution in [0.3, 0.4) is 0 Å². The van der Waals surface area contributed by atoms with Crippen LogP contribution in [0.4, 0.5) is 0 Å². The summed E-state index contributed by atoms with van der Waals surface area (Å²) in [6, 6.07) is -0.156. The number of nitrogens with zero attached hydrogens (tertiary/aromatic N) is 1. The second kappa shape index (κ2) is 3.76. The Hall–Kier alpha value is -0.610. The van der Waals surface area contributed by atoms with Crippen LogP contribution in [-0.2, 0) is 4.79 Å². The number of likely N-dealkylation sites (N-methyl/N-ethyl adjacent to an activating group) is 1. The van der Waals surface area contributed by atoms with E-state index in [0.717, 1.165) is 13.0 Å². The van der Waals surface area contributed by atoms with Gasteiger partial charge in [0.15, 0.2) is 0 Å². The van der Waals surface area contributed by atoms with Crippen molar-refractivity contribution in [3.63, 3.8) is 0 Å². The zero-order valence-corrected chi connectivity index (χ0v) is 10.3. The van der Waals surface area contributed by atoms with Crippen molar-refractivity contribution in [3.05, 3.63) is 0 Å². The van der Waals surface area contributed by atoms with Crippen LogP contribution >= 0.6 is 0 Å². The minimum atomic E-state index is -0.853. The maximum atomic E-state index is 11.7. The molecular weight excluding hydrogens is 192 g/mol. The molecule has 0 aromatic rings. The monoisotopic (exact) mass is 214 g/mol. The maximum absolute atomic E-state index is 11.7. The lowest BCUT2D eigenvalue weighted by Gasteiger charge is -2.39. The van der Waals surface area contributed by atoms with Crippen molar-refractivity contribution in [2.24, 2.45) is 0 Å². The first-order valence-corrected chi connectivity index (χ1v) is 5.40. The molecule has 0 saturated carbocycles. The first-order chi connectivity index (χ1) is 6.65. The quantitative estimate of drug-likeness (QED) is 0.713. The lowest BCUT2D eigenvalue weighted by molar-refractivity contribution is -0.129. The number of carbonyl (C=O) groups is 1. The van der Waals surface area contributed by atoms with E-state index in [2.05, 4.69) is 5.32 Å². The molecule has 1 saturated heterocycles. The Kier molecular flexibility index (Phi) is 3.12. The number of aliphatic hydroxyl groups is 1. The molecule has 1 fully saturated rings. The lowest BCUT2D eigenvalue weighted by atomic mass is 9.85. The molecule has 0 spiro atoms. The van der Waals surface area contributed by atoms with Crippen LogP contribution in [-0.4, -0.2) is 46.7 Å². The van der Waals surface area contributed by atoms with E-state index in [4.69, 9.17) is 0 Å². The molecule has 1 aliphatic rings. The SMILES string of the molecule is CN1CCC(NC(C)(C)C(C)(C)O)C1=O. The molecule has 1 heterocycles. The Morgan fingerprint density at radius 1 is 1.40 bits per heavy atom. The van der Waals surface area contributed by atoms with E-state index in [0.29, 0.717) is 0 Å². The molecule has 15 heavy (non-hydrogen) atoms. The van der Waals surface area contributed by atoms with Crippen LogP contribution in [0.1, 0.15) is 34.1 Å². The smallest absolute Gasteiger partial charge is 0.239 e. The van der Waals surface area contributed by atoms with Gasteiger partial charge in [0.1, 0.15) is 0 Å². The zero-order chi connectivity index (χ0) is 11.9. The number of carbonyl (C=O) groups excluding carboxylic acids is 1. The fraction of sp³-hybridized carbons (Fsp3) is 0.909. The number of hydrogen-bond donors (Lipinski definition) is 2. The highest BCUT2D eigenvalue weighted by molar-refractivity contribution is 5.83. The molecule has 0 radical (unpaired) electrons. The molecule has 0 bridgehead atoms. The number of hydrogen-bond acceptors (Lipinski definition) is 3. The number of rotatable bonds is 3. The van der Waals surface area contributed by atoms with Crippen LogP contribution in [0.5, 0.6) is 0 Å². The first kappa shape index (κ1) is 12.5. The van der Waals surface area contributed by atoms with Gasteiger partial charge in [-0.25, -0.2) is 0 Å². The molecule has 1 aliphatic heterocycles. The van der Waals surface area contributed by atoms with Gasteiger partial charge in [-0.15, -0.1) is 0 Å². The van der Waals surface area contributed by atoms with Gasteiger partial charge in [0.25, 0.3) is 0 Å². The highest BCUT2D eigenvalue weighted by atomic mass is 16.3. The van der Waals surface area contributed by atoms with Gasteiger partial charge in [-0.05, 0) is 34.1 Å². The van der Waals surface area contributed by atoms with Crippen molar-refractivity contribution in [1.82, 2.24) is 10.2 Å². The maximum Gasteiger partial charge on any atom is 0.239 e. The zero-order valence-electron chi connectivity index (χ0n) is 10.3. The summed E-state index contributed by atoms with van der Waals surface area (Å²) in [5, 5.41) is 13.2. The van der Waals surface area contributed by atoms with Gasteiger partial charge in [-0.3, -0.25) is 10.1 Å². The van der Waals surface area contributed by atoms with Crippen molar-refractivity contribution in [2.45, 2.75) is 51.3 Å². The summed E-state index contributed by atoms with van der Waals surface area (Å²) in [5.41, 5.74) is -1.33. The van der Waals surface area contributed by atoms with Gasteiger partial charge in [-0.1, -0.05) is 0 Å². The van der Waals surface area contributed by atoms with Crippen LogP contribution in [0.25, 0.3) is 0 Å². The second-order valence-electron chi connectivity index (χ2n) is 5.43. The topological polar surface area (TPSA) is 52.6 Å². The predicted octanol–water partition coefficient (Wildman–Crippen LogP) is 0.356. The van der Waals surface area contributed by atoms with Crippen molar-refractivity contribution in [1.29, 1.82) is 0 Å². The van der Waals surface area contributed by atoms with E-state index in [1.54, 1.807) is 25.8 Å². The van der Waals surface area contributed by atoms with Crippen LogP contribution < -0.4 is 5.32 Å². The van der Waals surface area contributed by atoms with Gasteiger partial charge >= 0.3 is 0 Å². The summed E-state index contributed by atoms with van der Waals surface area (Å²) in [5.74, 6) is 0.118. The van der Waals surface area contributed by atoms with E-state index < -0.39 is 11.1 Å². The number of nitrogens with one attached hydrogen (secondary N) is 1. The molecule has 88 valence electrons. The molecular formula is C11H22N2O2. The van der Waals surface area contributed by atoms with E-state index in [-0.39, 0.29) is 11.9 Å². The van der Waals surface area contributed by atoms with Gasteiger partial charge in [0.2, 0.25) is 5.91 Å². The Morgan fingerprint density at radius 2 is 1.93 bits per heavy atom. The van der Waals surface area contributed by atoms with E-state index in [1.165, 1.54) is 0 Å². The third-order valence-corrected chi connectivity index (χ3v) is 3.49. The van der Waals surface area contributed by atoms with Crippen LogP contribution in [0.15, 0.2) is 0 Å². The number of likely N-dealkylation sites (tertiary alicyclic amines) is 1. The largest absolute Gasteiger partial charge is 0.389 e. The van der Waals surface area contributed by atoms with Crippen molar-refractivity contribution in [2.75, 3.05) is 13.6 Å². The minimum Gasteiger partial charge on any atom is -0.389 e. The molecule has 1 unspecified atom stereocenters. The molecule has 1 rings (SSSR count). The van der Waals surface area contributed by atoms with Crippen molar-refractivity contribution >= 4 is 5.91 Å². The Bertz CT molecular complexity index is 256. The summed E-state index contributed by atoms with van der Waals surface area (Å²) >= 11 is 0. The predicted molar refractivity (Wildman–Crippen MR) is 59.6 cm³/mol. The van der Waals surface area contributed by atoms with Crippen LogP contribution in [0.2, 0.25) is 0 Å². The molecule has 4 nitrogen and oxygen atoms in total. The molecule has 1 amide bonds. The summed E-state index contributed by atoms with van der Waals surface area (Å²) in [6.45, 7) is 8.13. The van der Waals surface area contributed by atoms with E-state index in [1.807, 2.05) is 13.8 Å². The fourth-order valence-corrected chi connectivity index (χ4v) is 1.57. The summed E-state index contributed by atoms with van der Waals surface area (Å²) in [4.78, 5) is 13.4. The molecule has 4 heteroatoms. The Morgan fingerprint density at radius 3 is 2.27 bits per heavy atom. The molecule has 1 atom stereocenters. The molecule has 0 aromatic carbocycles. The van der Waals surface area contributed by atoms with Crippen molar-refractivity contribution < 1.29 is 9.90 Å². The third kappa shape index (κ3) is 2.49. The van der Waals surface area contributed by atoms with Gasteiger partial charge in [-0.2, -0.15) is 0 Å². The van der Waals surface area contributed by atoms with Crippen LogP contribution in [0, 0.1) is 0 Å². The molecule has 2 N–H and O–H groups in total. The average Bonchev–Trinajstić information content (AvgIpc) is 2.33. The summed E-state index contributed by atoms with van der Waals surface area (Å²) < 4.78 is 0. The summed E-state index contributed by atoms with van der Waals surface area (Å²) in [6.07, 6.45) is 0.814. The standard InChI is InChI=1S/C11H22N2O2/c1-10(2,11(3,4)15)12-8-6-7-13(5)9(8)14/h8,12,15H,6-7H2,1-5H3.